The topological polar surface area (TPSA) is 41.3 Å². The minimum Gasteiger partial charge on any atom is -0.302 e. The number of benzene rings is 1. The maximum absolute atomic E-state index is 14.2. The van der Waals surface area contributed by atoms with Gasteiger partial charge >= 0.3 is 0 Å². The predicted octanol–water partition coefficient (Wildman–Crippen LogP) is 2.98. The van der Waals surface area contributed by atoms with E-state index in [0.29, 0.717) is 11.5 Å². The number of nitrogens with one attached hydrogen (secondary N) is 1. The quantitative estimate of drug-likeness (QED) is 0.663. The first kappa shape index (κ1) is 16.3. The van der Waals surface area contributed by atoms with Crippen LogP contribution in [0.4, 0.5) is 8.78 Å². The highest BCUT2D eigenvalue weighted by Crippen LogP contribution is 2.44. The fraction of sp³-hybridized carbons (Fsp3) is 0.625. The first-order valence-electron chi connectivity index (χ1n) is 7.49. The minimum atomic E-state index is -0.567. The molecule has 1 saturated carbocycles. The Hall–Kier alpha value is -1.04. The molecular formula is C16H25F2N3. The molecule has 1 fully saturated rings. The molecule has 3 nitrogen and oxygen atoms in total. The Labute approximate surface area is 125 Å². The van der Waals surface area contributed by atoms with Crippen LogP contribution in [-0.2, 0) is 0 Å². The summed E-state index contributed by atoms with van der Waals surface area (Å²) in [4.78, 5) is 2.13. The van der Waals surface area contributed by atoms with Crippen molar-refractivity contribution in [3.8, 4) is 0 Å². The van der Waals surface area contributed by atoms with E-state index in [9.17, 15) is 8.78 Å². The van der Waals surface area contributed by atoms with Crippen molar-refractivity contribution >= 4 is 0 Å². The first-order valence-corrected chi connectivity index (χ1v) is 7.49. The lowest BCUT2D eigenvalue weighted by molar-refractivity contribution is 0.0354. The molecule has 0 radical (unpaired) electrons. The molecule has 1 aliphatic carbocycles. The van der Waals surface area contributed by atoms with Crippen molar-refractivity contribution in [3.05, 3.63) is 35.4 Å². The standard InChI is InChI=1S/C16H25F2N3/c1-11-5-4-8-16(10-11,21(2)3)15(20-19)13-7-6-12(17)9-14(13)18/h6-7,9,11,15,20H,4-5,8,10,19H2,1-3H3. The lowest BCUT2D eigenvalue weighted by atomic mass is 9.69. The Morgan fingerprint density at radius 3 is 2.62 bits per heavy atom. The number of hydrogen-bond donors (Lipinski definition) is 2. The van der Waals surface area contributed by atoms with E-state index < -0.39 is 11.6 Å². The highest BCUT2D eigenvalue weighted by molar-refractivity contribution is 5.26. The molecule has 2 rings (SSSR count). The summed E-state index contributed by atoms with van der Waals surface area (Å²) < 4.78 is 27.4. The minimum absolute atomic E-state index is 0.259. The van der Waals surface area contributed by atoms with Gasteiger partial charge in [0, 0.05) is 17.2 Å². The van der Waals surface area contributed by atoms with Gasteiger partial charge in [0.2, 0.25) is 0 Å². The summed E-state index contributed by atoms with van der Waals surface area (Å²) in [6.07, 6.45) is 4.14. The van der Waals surface area contributed by atoms with Crippen molar-refractivity contribution in [2.45, 2.75) is 44.2 Å². The van der Waals surface area contributed by atoms with Crippen LogP contribution in [0.5, 0.6) is 0 Å². The molecule has 1 aromatic rings. The van der Waals surface area contributed by atoms with E-state index in [1.54, 1.807) is 0 Å². The molecule has 0 saturated heterocycles. The van der Waals surface area contributed by atoms with Crippen molar-refractivity contribution in [2.24, 2.45) is 11.8 Å². The highest BCUT2D eigenvalue weighted by Gasteiger charge is 2.44. The fourth-order valence-corrected chi connectivity index (χ4v) is 3.76. The van der Waals surface area contributed by atoms with Crippen molar-refractivity contribution in [1.82, 2.24) is 10.3 Å². The van der Waals surface area contributed by atoms with Gasteiger partial charge in [-0.3, -0.25) is 11.3 Å². The summed E-state index contributed by atoms with van der Waals surface area (Å²) in [5, 5.41) is 0. The molecule has 21 heavy (non-hydrogen) atoms. The van der Waals surface area contributed by atoms with Crippen LogP contribution in [0.3, 0.4) is 0 Å². The van der Waals surface area contributed by atoms with Crippen molar-refractivity contribution in [1.29, 1.82) is 0 Å². The number of nitrogens with two attached hydrogens (primary N) is 1. The molecule has 0 aliphatic heterocycles. The molecular weight excluding hydrogens is 272 g/mol. The lowest BCUT2D eigenvalue weighted by Gasteiger charge is -2.50. The number of rotatable bonds is 4. The molecule has 0 spiro atoms. The van der Waals surface area contributed by atoms with Crippen LogP contribution >= 0.6 is 0 Å². The maximum atomic E-state index is 14.2. The molecule has 0 bridgehead atoms. The van der Waals surface area contributed by atoms with Crippen LogP contribution in [0.15, 0.2) is 18.2 Å². The summed E-state index contributed by atoms with van der Waals surface area (Å²) in [7, 11) is 4.01. The monoisotopic (exact) mass is 297 g/mol. The van der Waals surface area contributed by atoms with Crippen molar-refractivity contribution < 1.29 is 8.78 Å². The maximum Gasteiger partial charge on any atom is 0.131 e. The van der Waals surface area contributed by atoms with E-state index in [0.717, 1.165) is 25.3 Å². The van der Waals surface area contributed by atoms with Crippen molar-refractivity contribution in [2.75, 3.05) is 14.1 Å². The van der Waals surface area contributed by atoms with Crippen LogP contribution in [0.25, 0.3) is 0 Å². The van der Waals surface area contributed by atoms with E-state index in [4.69, 9.17) is 5.84 Å². The Balaban J connectivity index is 2.45. The molecule has 3 N–H and O–H groups in total. The first-order chi connectivity index (χ1) is 9.90. The summed E-state index contributed by atoms with van der Waals surface area (Å²) in [6, 6.07) is 3.35. The van der Waals surface area contributed by atoms with E-state index in [-0.39, 0.29) is 11.6 Å². The van der Waals surface area contributed by atoms with Crippen LogP contribution < -0.4 is 11.3 Å². The van der Waals surface area contributed by atoms with E-state index in [2.05, 4.69) is 17.2 Å². The van der Waals surface area contributed by atoms with Gasteiger partial charge < -0.3 is 4.90 Å². The highest BCUT2D eigenvalue weighted by atomic mass is 19.1. The zero-order chi connectivity index (χ0) is 15.6. The Morgan fingerprint density at radius 2 is 2.10 bits per heavy atom. The molecule has 118 valence electrons. The third kappa shape index (κ3) is 3.10. The van der Waals surface area contributed by atoms with Crippen LogP contribution in [-0.4, -0.2) is 24.5 Å². The van der Waals surface area contributed by atoms with Gasteiger partial charge in [0.05, 0.1) is 6.04 Å². The number of nitrogens with zero attached hydrogens (tertiary/aromatic N) is 1. The third-order valence-electron chi connectivity index (χ3n) is 4.88. The Bertz CT molecular complexity index is 492. The summed E-state index contributed by atoms with van der Waals surface area (Å²) in [5.41, 5.74) is 2.96. The lowest BCUT2D eigenvalue weighted by Crippen LogP contribution is -2.57. The van der Waals surface area contributed by atoms with Gasteiger partial charge in [0.25, 0.3) is 0 Å². The molecule has 0 aromatic heterocycles. The summed E-state index contributed by atoms with van der Waals surface area (Å²) >= 11 is 0. The van der Waals surface area contributed by atoms with Gasteiger partial charge in [-0.2, -0.15) is 0 Å². The molecule has 1 aromatic carbocycles. The van der Waals surface area contributed by atoms with Gasteiger partial charge in [-0.25, -0.2) is 8.78 Å². The van der Waals surface area contributed by atoms with Crippen molar-refractivity contribution in [3.63, 3.8) is 0 Å². The Morgan fingerprint density at radius 1 is 1.38 bits per heavy atom. The summed E-state index contributed by atoms with van der Waals surface area (Å²) in [5.74, 6) is 5.22. The average molecular weight is 297 g/mol. The summed E-state index contributed by atoms with van der Waals surface area (Å²) in [6.45, 7) is 2.21. The van der Waals surface area contributed by atoms with Crippen LogP contribution in [0.2, 0.25) is 0 Å². The van der Waals surface area contributed by atoms with Gasteiger partial charge in [0.1, 0.15) is 11.6 Å². The second-order valence-corrected chi connectivity index (χ2v) is 6.47. The average Bonchev–Trinajstić information content (AvgIpc) is 2.41. The molecule has 5 heteroatoms. The molecule has 0 heterocycles. The second-order valence-electron chi connectivity index (χ2n) is 6.47. The predicted molar refractivity (Wildman–Crippen MR) is 80.5 cm³/mol. The van der Waals surface area contributed by atoms with Gasteiger partial charge in [-0.05, 0) is 38.9 Å². The SMILES string of the molecule is CC1CCCC(C(NN)c2ccc(F)cc2F)(N(C)C)C1. The fourth-order valence-electron chi connectivity index (χ4n) is 3.76. The number of hydrogen-bond acceptors (Lipinski definition) is 3. The van der Waals surface area contributed by atoms with Gasteiger partial charge in [-0.15, -0.1) is 0 Å². The third-order valence-corrected chi connectivity index (χ3v) is 4.88. The smallest absolute Gasteiger partial charge is 0.131 e. The van der Waals surface area contributed by atoms with Crippen LogP contribution in [0, 0.1) is 17.6 Å². The molecule has 0 amide bonds. The van der Waals surface area contributed by atoms with E-state index in [1.165, 1.54) is 18.6 Å². The Kier molecular flexibility index (Phi) is 4.96. The van der Waals surface area contributed by atoms with Gasteiger partial charge in [0.15, 0.2) is 0 Å². The van der Waals surface area contributed by atoms with Gasteiger partial charge in [-0.1, -0.05) is 25.8 Å². The molecule has 3 atom stereocenters. The van der Waals surface area contributed by atoms with Crippen LogP contribution in [0.1, 0.15) is 44.2 Å². The number of hydrazine groups is 1. The molecule has 1 aliphatic rings. The van der Waals surface area contributed by atoms with E-state index in [1.807, 2.05) is 14.1 Å². The number of likely N-dealkylation sites (N-methyl/N-ethyl adjacent to an activating group) is 1. The molecule has 3 unspecified atom stereocenters. The zero-order valence-corrected chi connectivity index (χ0v) is 13.0. The zero-order valence-electron chi connectivity index (χ0n) is 13.0. The number of halogens is 2. The van der Waals surface area contributed by atoms with E-state index >= 15 is 0 Å². The largest absolute Gasteiger partial charge is 0.302 e. The second kappa shape index (κ2) is 6.38. The normalized spacial score (nSPS) is 27.9.